The molecule has 1 amide bonds. The number of aromatic nitrogens is 1. The molecule has 1 heterocycles. The number of fused-ring (bicyclic) bond motifs is 1. The van der Waals surface area contributed by atoms with Crippen LogP contribution in [0.4, 0.5) is 5.69 Å². The second-order valence-electron chi connectivity index (χ2n) is 7.30. The van der Waals surface area contributed by atoms with Crippen molar-refractivity contribution in [3.63, 3.8) is 0 Å². The Labute approximate surface area is 171 Å². The van der Waals surface area contributed by atoms with Crippen molar-refractivity contribution in [2.45, 2.75) is 27.2 Å². The van der Waals surface area contributed by atoms with Gasteiger partial charge in [0, 0.05) is 16.6 Å². The molecular weight excluding hydrogens is 356 g/mol. The van der Waals surface area contributed by atoms with Crippen molar-refractivity contribution in [1.29, 1.82) is 0 Å². The highest BCUT2D eigenvalue weighted by molar-refractivity contribution is 6.13. The molecule has 29 heavy (non-hydrogen) atoms. The number of pyridine rings is 1. The Bertz CT molecular complexity index is 1210. The average Bonchev–Trinajstić information content (AvgIpc) is 2.74. The first kappa shape index (κ1) is 18.9. The zero-order chi connectivity index (χ0) is 20.4. The van der Waals surface area contributed by atoms with Crippen molar-refractivity contribution in [1.82, 2.24) is 4.98 Å². The monoisotopic (exact) mass is 380 g/mol. The quantitative estimate of drug-likeness (QED) is 0.449. The average molecular weight is 380 g/mol. The van der Waals surface area contributed by atoms with Gasteiger partial charge in [-0.3, -0.25) is 4.79 Å². The van der Waals surface area contributed by atoms with Crippen LogP contribution in [0, 0.1) is 13.8 Å². The van der Waals surface area contributed by atoms with E-state index in [1.54, 1.807) is 0 Å². The van der Waals surface area contributed by atoms with Gasteiger partial charge < -0.3 is 5.32 Å². The van der Waals surface area contributed by atoms with Gasteiger partial charge in [-0.25, -0.2) is 4.98 Å². The molecule has 0 saturated heterocycles. The van der Waals surface area contributed by atoms with Crippen LogP contribution in [0.5, 0.6) is 0 Å². The molecule has 0 unspecified atom stereocenters. The van der Waals surface area contributed by atoms with Gasteiger partial charge >= 0.3 is 0 Å². The lowest BCUT2D eigenvalue weighted by Crippen LogP contribution is -2.15. The molecule has 1 N–H and O–H groups in total. The Balaban J connectivity index is 1.85. The molecule has 0 radical (unpaired) electrons. The van der Waals surface area contributed by atoms with Gasteiger partial charge in [0.2, 0.25) is 0 Å². The van der Waals surface area contributed by atoms with Crippen LogP contribution >= 0.6 is 0 Å². The van der Waals surface area contributed by atoms with E-state index in [2.05, 4.69) is 31.3 Å². The number of nitrogens with zero attached hydrogens (tertiary/aromatic N) is 1. The van der Waals surface area contributed by atoms with E-state index in [1.165, 1.54) is 0 Å². The molecule has 0 atom stereocenters. The number of aryl methyl sites for hydroxylation is 3. The van der Waals surface area contributed by atoms with E-state index in [0.29, 0.717) is 5.56 Å². The molecule has 0 saturated carbocycles. The van der Waals surface area contributed by atoms with Gasteiger partial charge in [0.25, 0.3) is 5.91 Å². The van der Waals surface area contributed by atoms with Gasteiger partial charge in [0.1, 0.15) is 0 Å². The summed E-state index contributed by atoms with van der Waals surface area (Å²) in [6.07, 6.45) is 0.864. The van der Waals surface area contributed by atoms with E-state index in [1.807, 2.05) is 67.6 Å². The first-order valence-corrected chi connectivity index (χ1v) is 9.94. The minimum absolute atomic E-state index is 0.109. The number of amides is 1. The van der Waals surface area contributed by atoms with E-state index in [-0.39, 0.29) is 5.91 Å². The molecule has 0 aliphatic carbocycles. The summed E-state index contributed by atoms with van der Waals surface area (Å²) in [6, 6.07) is 24.0. The second kappa shape index (κ2) is 7.88. The van der Waals surface area contributed by atoms with E-state index >= 15 is 0 Å². The zero-order valence-electron chi connectivity index (χ0n) is 17.0. The maximum absolute atomic E-state index is 13.4. The third-order valence-electron chi connectivity index (χ3n) is 5.36. The summed E-state index contributed by atoms with van der Waals surface area (Å²) in [6.45, 7) is 6.19. The summed E-state index contributed by atoms with van der Waals surface area (Å²) in [5, 5.41) is 4.02. The summed E-state index contributed by atoms with van der Waals surface area (Å²) in [5.41, 5.74) is 7.54. The lowest BCUT2D eigenvalue weighted by Gasteiger charge is -2.15. The fourth-order valence-corrected chi connectivity index (χ4v) is 3.74. The van der Waals surface area contributed by atoms with Gasteiger partial charge in [0.15, 0.2) is 0 Å². The van der Waals surface area contributed by atoms with Crippen molar-refractivity contribution < 1.29 is 4.79 Å². The number of hydrogen-bond donors (Lipinski definition) is 1. The Morgan fingerprint density at radius 1 is 0.897 bits per heavy atom. The predicted octanol–water partition coefficient (Wildman–Crippen LogP) is 6.33. The van der Waals surface area contributed by atoms with Crippen LogP contribution in [-0.2, 0) is 6.42 Å². The van der Waals surface area contributed by atoms with Crippen LogP contribution in [0.25, 0.3) is 22.2 Å². The number of anilines is 1. The molecule has 4 rings (SSSR count). The van der Waals surface area contributed by atoms with Gasteiger partial charge in [-0.05, 0) is 49.1 Å². The number of benzene rings is 3. The van der Waals surface area contributed by atoms with Gasteiger partial charge in [0.05, 0.1) is 16.8 Å². The molecule has 0 fully saturated rings. The van der Waals surface area contributed by atoms with Crippen LogP contribution in [0.15, 0.2) is 72.8 Å². The zero-order valence-corrected chi connectivity index (χ0v) is 17.0. The maximum Gasteiger partial charge on any atom is 0.256 e. The van der Waals surface area contributed by atoms with Crippen LogP contribution in [0.1, 0.15) is 34.0 Å². The van der Waals surface area contributed by atoms with Crippen molar-refractivity contribution in [3.8, 4) is 11.3 Å². The van der Waals surface area contributed by atoms with Crippen LogP contribution < -0.4 is 5.32 Å². The largest absolute Gasteiger partial charge is 0.321 e. The number of hydrogen-bond acceptors (Lipinski definition) is 2. The smallest absolute Gasteiger partial charge is 0.256 e. The SMILES string of the molecule is CCc1cccc(C)c1NC(=O)c1cc(-c2ccccc2C)nc2ccccc12. The van der Waals surface area contributed by atoms with Crippen LogP contribution in [0.3, 0.4) is 0 Å². The third kappa shape index (κ3) is 3.64. The Kier molecular flexibility index (Phi) is 5.13. The number of para-hydroxylation sites is 2. The van der Waals surface area contributed by atoms with Gasteiger partial charge in [-0.2, -0.15) is 0 Å². The molecule has 0 bridgehead atoms. The number of carbonyl (C=O) groups excluding carboxylic acids is 1. The molecule has 3 aromatic carbocycles. The van der Waals surface area contributed by atoms with E-state index < -0.39 is 0 Å². The Hall–Kier alpha value is -3.46. The first-order chi connectivity index (χ1) is 14.1. The molecule has 3 nitrogen and oxygen atoms in total. The summed E-state index contributed by atoms with van der Waals surface area (Å²) < 4.78 is 0. The molecule has 144 valence electrons. The predicted molar refractivity (Wildman–Crippen MR) is 120 cm³/mol. The fraction of sp³-hybridized carbons (Fsp3) is 0.154. The summed E-state index contributed by atoms with van der Waals surface area (Å²) >= 11 is 0. The lowest BCUT2D eigenvalue weighted by atomic mass is 10.00. The maximum atomic E-state index is 13.4. The standard InChI is InChI=1S/C26H24N2O/c1-4-19-12-9-11-18(3)25(19)28-26(29)22-16-24(20-13-6-5-10-17(20)2)27-23-15-8-7-14-21(22)23/h5-16H,4H2,1-3H3,(H,28,29). The van der Waals surface area contributed by atoms with Crippen molar-refractivity contribution in [3.05, 3.63) is 95.1 Å². The third-order valence-corrected chi connectivity index (χ3v) is 5.36. The van der Waals surface area contributed by atoms with E-state index in [0.717, 1.165) is 51.0 Å². The molecule has 1 aromatic heterocycles. The number of carbonyl (C=O) groups is 1. The molecule has 4 aromatic rings. The van der Waals surface area contributed by atoms with E-state index in [9.17, 15) is 4.79 Å². The minimum Gasteiger partial charge on any atom is -0.321 e. The van der Waals surface area contributed by atoms with Crippen LogP contribution in [0.2, 0.25) is 0 Å². The van der Waals surface area contributed by atoms with Gasteiger partial charge in [-0.15, -0.1) is 0 Å². The number of rotatable bonds is 4. The summed E-state index contributed by atoms with van der Waals surface area (Å²) in [5.74, 6) is -0.109. The Morgan fingerprint density at radius 2 is 1.62 bits per heavy atom. The molecule has 0 aliphatic rings. The van der Waals surface area contributed by atoms with Crippen molar-refractivity contribution >= 4 is 22.5 Å². The van der Waals surface area contributed by atoms with Gasteiger partial charge in [-0.1, -0.05) is 67.6 Å². The molecule has 3 heteroatoms. The highest BCUT2D eigenvalue weighted by Crippen LogP contribution is 2.28. The van der Waals surface area contributed by atoms with Crippen LogP contribution in [-0.4, -0.2) is 10.9 Å². The normalized spacial score (nSPS) is 10.9. The van der Waals surface area contributed by atoms with E-state index in [4.69, 9.17) is 4.98 Å². The van der Waals surface area contributed by atoms with Crippen molar-refractivity contribution in [2.24, 2.45) is 0 Å². The molecule has 0 spiro atoms. The molecular formula is C26H24N2O. The lowest BCUT2D eigenvalue weighted by molar-refractivity contribution is 0.102. The number of nitrogens with one attached hydrogen (secondary N) is 1. The second-order valence-corrected chi connectivity index (χ2v) is 7.30. The highest BCUT2D eigenvalue weighted by Gasteiger charge is 2.16. The fourth-order valence-electron chi connectivity index (χ4n) is 3.74. The Morgan fingerprint density at radius 3 is 2.41 bits per heavy atom. The minimum atomic E-state index is -0.109. The topological polar surface area (TPSA) is 42.0 Å². The first-order valence-electron chi connectivity index (χ1n) is 9.94. The molecule has 0 aliphatic heterocycles. The summed E-state index contributed by atoms with van der Waals surface area (Å²) in [4.78, 5) is 18.2. The van der Waals surface area contributed by atoms with Crippen molar-refractivity contribution in [2.75, 3.05) is 5.32 Å². The summed E-state index contributed by atoms with van der Waals surface area (Å²) in [7, 11) is 0. The highest BCUT2D eigenvalue weighted by atomic mass is 16.1.